The first-order chi connectivity index (χ1) is 9.88. The Balaban J connectivity index is 2.15. The van der Waals surface area contributed by atoms with Crippen molar-refractivity contribution in [3.05, 3.63) is 63.5 Å². The van der Waals surface area contributed by atoms with Crippen molar-refractivity contribution < 1.29 is 23.2 Å². The van der Waals surface area contributed by atoms with E-state index in [2.05, 4.69) is 5.32 Å². The Morgan fingerprint density at radius 3 is 2.24 bits per heavy atom. The van der Waals surface area contributed by atoms with Gasteiger partial charge in [0.05, 0.1) is 16.7 Å². The average molecular weight is 298 g/mol. The van der Waals surface area contributed by atoms with Crippen molar-refractivity contribution in [2.75, 3.05) is 5.32 Å². The van der Waals surface area contributed by atoms with Gasteiger partial charge in [0.15, 0.2) is 23.2 Å². The van der Waals surface area contributed by atoms with Crippen LogP contribution in [0.5, 0.6) is 5.75 Å². The number of nitro groups is 1. The standard InChI is InChI=1S/C13H9F3N2O3/c14-9-5-8(18(20)21)1-2-12(9)17-6-7-3-10(15)13(19)11(16)4-7/h1-5,17,19H,6H2. The Morgan fingerprint density at radius 2 is 1.71 bits per heavy atom. The van der Waals surface area contributed by atoms with Crippen LogP contribution in [0.2, 0.25) is 0 Å². The van der Waals surface area contributed by atoms with Gasteiger partial charge < -0.3 is 10.4 Å². The number of non-ortho nitro benzene ring substituents is 1. The van der Waals surface area contributed by atoms with E-state index in [0.29, 0.717) is 0 Å². The number of nitrogens with one attached hydrogen (secondary N) is 1. The number of hydrogen-bond acceptors (Lipinski definition) is 4. The summed E-state index contributed by atoms with van der Waals surface area (Å²) in [5, 5.41) is 22.0. The number of aromatic hydroxyl groups is 1. The minimum atomic E-state index is -1.13. The van der Waals surface area contributed by atoms with E-state index in [1.165, 1.54) is 0 Å². The van der Waals surface area contributed by atoms with Gasteiger partial charge >= 0.3 is 0 Å². The second-order valence-corrected chi connectivity index (χ2v) is 4.18. The molecule has 8 heteroatoms. The largest absolute Gasteiger partial charge is 0.503 e. The van der Waals surface area contributed by atoms with Crippen LogP contribution in [0.3, 0.4) is 0 Å². The van der Waals surface area contributed by atoms with Crippen molar-refractivity contribution in [3.8, 4) is 5.75 Å². The van der Waals surface area contributed by atoms with Crippen LogP contribution in [0.4, 0.5) is 24.5 Å². The molecular formula is C13H9F3N2O3. The molecule has 0 aliphatic carbocycles. The summed E-state index contributed by atoms with van der Waals surface area (Å²) >= 11 is 0. The highest BCUT2D eigenvalue weighted by Gasteiger charge is 2.12. The zero-order valence-corrected chi connectivity index (χ0v) is 10.4. The fraction of sp³-hybridized carbons (Fsp3) is 0.0769. The van der Waals surface area contributed by atoms with E-state index in [9.17, 15) is 23.3 Å². The maximum Gasteiger partial charge on any atom is 0.272 e. The molecule has 110 valence electrons. The van der Waals surface area contributed by atoms with Crippen molar-refractivity contribution in [1.29, 1.82) is 0 Å². The first-order valence-electron chi connectivity index (χ1n) is 5.73. The molecule has 0 unspecified atom stereocenters. The molecule has 0 aliphatic rings. The lowest BCUT2D eigenvalue weighted by molar-refractivity contribution is -0.385. The zero-order chi connectivity index (χ0) is 15.6. The Kier molecular flexibility index (Phi) is 3.97. The van der Waals surface area contributed by atoms with Gasteiger partial charge in [-0.05, 0) is 23.8 Å². The van der Waals surface area contributed by atoms with Crippen LogP contribution in [0.15, 0.2) is 30.3 Å². The normalized spacial score (nSPS) is 10.4. The van der Waals surface area contributed by atoms with E-state index < -0.39 is 33.8 Å². The van der Waals surface area contributed by atoms with Crippen LogP contribution < -0.4 is 5.32 Å². The number of hydrogen-bond donors (Lipinski definition) is 2. The number of phenols is 1. The average Bonchev–Trinajstić information content (AvgIpc) is 2.43. The van der Waals surface area contributed by atoms with Crippen LogP contribution in [0.1, 0.15) is 5.56 Å². The fourth-order valence-corrected chi connectivity index (χ4v) is 1.68. The van der Waals surface area contributed by atoms with Gasteiger partial charge in [0, 0.05) is 12.6 Å². The van der Waals surface area contributed by atoms with Crippen LogP contribution in [0, 0.1) is 27.6 Å². The van der Waals surface area contributed by atoms with E-state index in [4.69, 9.17) is 5.11 Å². The number of anilines is 1. The van der Waals surface area contributed by atoms with Crippen LogP contribution in [-0.2, 0) is 6.54 Å². The molecule has 0 saturated heterocycles. The second kappa shape index (κ2) is 5.70. The monoisotopic (exact) mass is 298 g/mol. The van der Waals surface area contributed by atoms with E-state index >= 15 is 0 Å². The molecule has 2 aromatic rings. The lowest BCUT2D eigenvalue weighted by Crippen LogP contribution is -2.03. The maximum atomic E-state index is 13.6. The summed E-state index contributed by atoms with van der Waals surface area (Å²) in [7, 11) is 0. The molecule has 2 N–H and O–H groups in total. The molecule has 0 spiro atoms. The molecule has 0 heterocycles. The molecule has 0 saturated carbocycles. The molecule has 0 aromatic heterocycles. The third-order valence-electron chi connectivity index (χ3n) is 2.72. The lowest BCUT2D eigenvalue weighted by atomic mass is 10.2. The smallest absolute Gasteiger partial charge is 0.272 e. The Labute approximate surface area is 116 Å². The quantitative estimate of drug-likeness (QED) is 0.670. The Morgan fingerprint density at radius 1 is 1.10 bits per heavy atom. The van der Waals surface area contributed by atoms with Gasteiger partial charge in [0.25, 0.3) is 5.69 Å². The van der Waals surface area contributed by atoms with Gasteiger partial charge in [-0.1, -0.05) is 0 Å². The SMILES string of the molecule is O=[N+]([O-])c1ccc(NCc2cc(F)c(O)c(F)c2)c(F)c1. The van der Waals surface area contributed by atoms with Gasteiger partial charge in [-0.15, -0.1) is 0 Å². The minimum Gasteiger partial charge on any atom is -0.503 e. The number of nitro benzene ring substituents is 1. The highest BCUT2D eigenvalue weighted by molar-refractivity contribution is 5.50. The van der Waals surface area contributed by atoms with Crippen molar-refractivity contribution in [3.63, 3.8) is 0 Å². The summed E-state index contributed by atoms with van der Waals surface area (Å²) in [4.78, 5) is 9.72. The van der Waals surface area contributed by atoms with Crippen LogP contribution >= 0.6 is 0 Å². The predicted molar refractivity (Wildman–Crippen MR) is 68.4 cm³/mol. The summed E-state index contributed by atoms with van der Waals surface area (Å²) < 4.78 is 39.8. The number of nitrogens with zero attached hydrogens (tertiary/aromatic N) is 1. The van der Waals surface area contributed by atoms with Gasteiger partial charge in [-0.3, -0.25) is 10.1 Å². The van der Waals surface area contributed by atoms with Gasteiger partial charge in [0.1, 0.15) is 0 Å². The van der Waals surface area contributed by atoms with Crippen molar-refractivity contribution >= 4 is 11.4 Å². The number of phenolic OH excluding ortho intramolecular Hbond substituents is 1. The summed E-state index contributed by atoms with van der Waals surface area (Å²) in [5.74, 6) is -4.20. The molecule has 5 nitrogen and oxygen atoms in total. The van der Waals surface area contributed by atoms with Crippen LogP contribution in [-0.4, -0.2) is 10.0 Å². The molecule has 21 heavy (non-hydrogen) atoms. The molecule has 0 atom stereocenters. The highest BCUT2D eigenvalue weighted by Crippen LogP contribution is 2.24. The fourth-order valence-electron chi connectivity index (χ4n) is 1.68. The van der Waals surface area contributed by atoms with Gasteiger partial charge in [0.2, 0.25) is 0 Å². The van der Waals surface area contributed by atoms with Crippen molar-refractivity contribution in [1.82, 2.24) is 0 Å². The molecule has 0 amide bonds. The van der Waals surface area contributed by atoms with Gasteiger partial charge in [-0.25, -0.2) is 13.2 Å². The molecule has 2 aromatic carbocycles. The number of benzene rings is 2. The van der Waals surface area contributed by atoms with Crippen molar-refractivity contribution in [2.24, 2.45) is 0 Å². The number of rotatable bonds is 4. The summed E-state index contributed by atoms with van der Waals surface area (Å²) in [6.07, 6.45) is 0. The lowest BCUT2D eigenvalue weighted by Gasteiger charge is -2.08. The third kappa shape index (κ3) is 3.22. The van der Waals surface area contributed by atoms with E-state index in [1.807, 2.05) is 0 Å². The molecule has 0 aliphatic heterocycles. The summed E-state index contributed by atoms with van der Waals surface area (Å²) in [6.45, 7) is -0.122. The van der Waals surface area contributed by atoms with Crippen LogP contribution in [0.25, 0.3) is 0 Å². The van der Waals surface area contributed by atoms with E-state index in [0.717, 1.165) is 30.3 Å². The third-order valence-corrected chi connectivity index (χ3v) is 2.72. The van der Waals surface area contributed by atoms with E-state index in [-0.39, 0.29) is 17.8 Å². The van der Waals surface area contributed by atoms with Crippen molar-refractivity contribution in [2.45, 2.75) is 6.54 Å². The second-order valence-electron chi connectivity index (χ2n) is 4.18. The molecule has 0 fully saturated rings. The maximum absolute atomic E-state index is 13.6. The zero-order valence-electron chi connectivity index (χ0n) is 10.4. The molecular weight excluding hydrogens is 289 g/mol. The first kappa shape index (κ1) is 14.6. The topological polar surface area (TPSA) is 75.4 Å². The highest BCUT2D eigenvalue weighted by atomic mass is 19.1. The van der Waals surface area contributed by atoms with E-state index in [1.54, 1.807) is 0 Å². The molecule has 0 radical (unpaired) electrons. The number of halogens is 3. The Hall–Kier alpha value is -2.77. The first-order valence-corrected chi connectivity index (χ1v) is 5.73. The molecule has 2 rings (SSSR count). The summed E-state index contributed by atoms with van der Waals surface area (Å²) in [5.41, 5.74) is -0.310. The minimum absolute atomic E-state index is 0.0468. The van der Waals surface area contributed by atoms with Gasteiger partial charge in [-0.2, -0.15) is 0 Å². The Bertz CT molecular complexity index is 684. The summed E-state index contributed by atoms with van der Waals surface area (Å²) in [6, 6.07) is 4.79. The molecule has 0 bridgehead atoms. The predicted octanol–water partition coefficient (Wildman–Crippen LogP) is 3.33.